The van der Waals surface area contributed by atoms with Crippen LogP contribution in [0.5, 0.6) is 0 Å². The van der Waals surface area contributed by atoms with E-state index in [4.69, 9.17) is 16.0 Å². The number of halogens is 4. The first-order valence-electron chi connectivity index (χ1n) is 8.23. The number of hydrogen-bond donors (Lipinski definition) is 1. The molecule has 1 amide bonds. The SMILES string of the molecule is N#C/C(=C\c1ccc(-c2ccccc2Cl)o1)C(=O)Nc1cccc(C(F)(F)F)c1. The van der Waals surface area contributed by atoms with Gasteiger partial charge in [-0.1, -0.05) is 29.8 Å². The van der Waals surface area contributed by atoms with Gasteiger partial charge < -0.3 is 9.73 Å². The average Bonchev–Trinajstić information content (AvgIpc) is 3.14. The highest BCUT2D eigenvalue weighted by molar-refractivity contribution is 6.33. The van der Waals surface area contributed by atoms with Crippen molar-refractivity contribution in [3.63, 3.8) is 0 Å². The van der Waals surface area contributed by atoms with Crippen molar-refractivity contribution in [2.45, 2.75) is 6.18 Å². The quantitative estimate of drug-likeness (QED) is 0.409. The van der Waals surface area contributed by atoms with Crippen molar-refractivity contribution in [1.29, 1.82) is 5.26 Å². The average molecular weight is 417 g/mol. The van der Waals surface area contributed by atoms with Gasteiger partial charge in [0, 0.05) is 17.3 Å². The maximum Gasteiger partial charge on any atom is 0.416 e. The fourth-order valence-electron chi connectivity index (χ4n) is 2.50. The maximum absolute atomic E-state index is 12.8. The van der Waals surface area contributed by atoms with Crippen molar-refractivity contribution < 1.29 is 22.4 Å². The molecule has 8 heteroatoms. The largest absolute Gasteiger partial charge is 0.457 e. The van der Waals surface area contributed by atoms with Crippen LogP contribution in [0.3, 0.4) is 0 Å². The van der Waals surface area contributed by atoms with E-state index in [-0.39, 0.29) is 17.0 Å². The van der Waals surface area contributed by atoms with Crippen molar-refractivity contribution in [3.8, 4) is 17.4 Å². The Bertz CT molecular complexity index is 1130. The van der Waals surface area contributed by atoms with E-state index in [1.807, 2.05) is 0 Å². The van der Waals surface area contributed by atoms with Crippen LogP contribution in [-0.2, 0) is 11.0 Å². The minimum Gasteiger partial charge on any atom is -0.457 e. The first kappa shape index (κ1) is 20.2. The smallest absolute Gasteiger partial charge is 0.416 e. The Morgan fingerprint density at radius 3 is 2.55 bits per heavy atom. The summed E-state index contributed by atoms with van der Waals surface area (Å²) in [6, 6.07) is 16.0. The standard InChI is InChI=1S/C21H12ClF3N2O2/c22-18-7-2-1-6-17(18)19-9-8-16(29-19)10-13(12-26)20(28)27-15-5-3-4-14(11-15)21(23,24)25/h1-11H,(H,27,28)/b13-10+. The lowest BCUT2D eigenvalue weighted by Gasteiger charge is -2.09. The van der Waals surface area contributed by atoms with Crippen molar-refractivity contribution in [3.05, 3.63) is 82.6 Å². The lowest BCUT2D eigenvalue weighted by molar-refractivity contribution is -0.137. The number of anilines is 1. The number of alkyl halides is 3. The first-order chi connectivity index (χ1) is 13.8. The molecular formula is C21H12ClF3N2O2. The molecule has 2 aromatic carbocycles. The zero-order valence-electron chi connectivity index (χ0n) is 14.6. The molecule has 0 fully saturated rings. The van der Waals surface area contributed by atoms with E-state index in [0.717, 1.165) is 18.2 Å². The number of benzene rings is 2. The van der Waals surface area contributed by atoms with Crippen LogP contribution >= 0.6 is 11.6 Å². The van der Waals surface area contributed by atoms with E-state index in [2.05, 4.69) is 5.32 Å². The first-order valence-corrected chi connectivity index (χ1v) is 8.61. The topological polar surface area (TPSA) is 66.0 Å². The molecule has 1 heterocycles. The number of hydrogen-bond acceptors (Lipinski definition) is 3. The van der Waals surface area contributed by atoms with Crippen molar-refractivity contribution >= 4 is 29.3 Å². The Morgan fingerprint density at radius 1 is 1.10 bits per heavy atom. The molecule has 0 saturated carbocycles. The van der Waals surface area contributed by atoms with E-state index in [1.54, 1.807) is 42.5 Å². The van der Waals surface area contributed by atoms with Gasteiger partial charge in [-0.3, -0.25) is 4.79 Å². The number of nitriles is 1. The summed E-state index contributed by atoms with van der Waals surface area (Å²) in [5, 5.41) is 12.0. The lowest BCUT2D eigenvalue weighted by atomic mass is 10.1. The molecule has 3 rings (SSSR count). The summed E-state index contributed by atoms with van der Waals surface area (Å²) < 4.78 is 44.0. The molecule has 0 aliphatic heterocycles. The summed E-state index contributed by atoms with van der Waals surface area (Å²) in [5.74, 6) is -0.199. The second-order valence-electron chi connectivity index (χ2n) is 5.88. The molecule has 29 heavy (non-hydrogen) atoms. The highest BCUT2D eigenvalue weighted by atomic mass is 35.5. The predicted octanol–water partition coefficient (Wildman–Crippen LogP) is 6.16. The number of rotatable bonds is 4. The molecule has 0 spiro atoms. The highest BCUT2D eigenvalue weighted by Crippen LogP contribution is 2.31. The molecule has 0 aliphatic rings. The van der Waals surface area contributed by atoms with Gasteiger partial charge in [0.2, 0.25) is 0 Å². The Labute approximate surface area is 168 Å². The molecule has 1 N–H and O–H groups in total. The van der Waals surface area contributed by atoms with Crippen molar-refractivity contribution in [1.82, 2.24) is 0 Å². The molecule has 0 radical (unpaired) electrons. The predicted molar refractivity (Wildman–Crippen MR) is 103 cm³/mol. The summed E-state index contributed by atoms with van der Waals surface area (Å²) in [6.07, 6.45) is -3.35. The summed E-state index contributed by atoms with van der Waals surface area (Å²) in [4.78, 5) is 12.3. The molecule has 0 bridgehead atoms. The number of carbonyl (C=O) groups excluding carboxylic acids is 1. The van der Waals surface area contributed by atoms with Crippen LogP contribution in [0, 0.1) is 11.3 Å². The van der Waals surface area contributed by atoms with Crippen LogP contribution < -0.4 is 5.32 Å². The monoisotopic (exact) mass is 416 g/mol. The third kappa shape index (κ3) is 4.86. The fourth-order valence-corrected chi connectivity index (χ4v) is 2.73. The number of furan rings is 1. The van der Waals surface area contributed by atoms with Crippen molar-refractivity contribution in [2.75, 3.05) is 5.32 Å². The van der Waals surface area contributed by atoms with Crippen LogP contribution in [0.25, 0.3) is 17.4 Å². The van der Waals surface area contributed by atoms with Crippen LogP contribution in [-0.4, -0.2) is 5.91 Å². The lowest BCUT2D eigenvalue weighted by Crippen LogP contribution is -2.14. The normalized spacial score (nSPS) is 11.8. The van der Waals surface area contributed by atoms with Gasteiger partial charge in [-0.15, -0.1) is 0 Å². The van der Waals surface area contributed by atoms with Gasteiger partial charge in [0.25, 0.3) is 5.91 Å². The van der Waals surface area contributed by atoms with Gasteiger partial charge >= 0.3 is 6.18 Å². The van der Waals surface area contributed by atoms with Crippen LogP contribution in [0.15, 0.2) is 70.7 Å². The zero-order valence-corrected chi connectivity index (χ0v) is 15.4. The third-order valence-electron chi connectivity index (χ3n) is 3.87. The molecule has 4 nitrogen and oxygen atoms in total. The number of amides is 1. The fraction of sp³-hybridized carbons (Fsp3) is 0.0476. The Hall–Kier alpha value is -3.50. The molecule has 0 aliphatic carbocycles. The second-order valence-corrected chi connectivity index (χ2v) is 6.29. The highest BCUT2D eigenvalue weighted by Gasteiger charge is 2.30. The maximum atomic E-state index is 12.8. The summed E-state index contributed by atoms with van der Waals surface area (Å²) in [7, 11) is 0. The Balaban J connectivity index is 1.81. The van der Waals surface area contributed by atoms with Crippen LogP contribution in [0.4, 0.5) is 18.9 Å². The van der Waals surface area contributed by atoms with Crippen LogP contribution in [0.2, 0.25) is 5.02 Å². The minimum absolute atomic E-state index is 0.0813. The van der Waals surface area contributed by atoms with E-state index in [0.29, 0.717) is 16.3 Å². The van der Waals surface area contributed by atoms with E-state index < -0.39 is 17.6 Å². The number of carbonyl (C=O) groups is 1. The Morgan fingerprint density at radius 2 is 1.86 bits per heavy atom. The third-order valence-corrected chi connectivity index (χ3v) is 4.20. The van der Waals surface area contributed by atoms with Gasteiger partial charge in [0.15, 0.2) is 0 Å². The molecule has 1 aromatic heterocycles. The van der Waals surface area contributed by atoms with Gasteiger partial charge in [0.05, 0.1) is 10.6 Å². The second kappa shape index (κ2) is 8.25. The number of nitrogens with one attached hydrogen (secondary N) is 1. The zero-order chi connectivity index (χ0) is 21.0. The minimum atomic E-state index is -4.54. The molecule has 0 atom stereocenters. The van der Waals surface area contributed by atoms with Crippen LogP contribution in [0.1, 0.15) is 11.3 Å². The summed E-state index contributed by atoms with van der Waals surface area (Å²) >= 11 is 6.11. The number of nitrogens with zero attached hydrogens (tertiary/aromatic N) is 1. The summed E-state index contributed by atoms with van der Waals surface area (Å²) in [6.45, 7) is 0. The molecule has 3 aromatic rings. The molecular weight excluding hydrogens is 405 g/mol. The Kier molecular flexibility index (Phi) is 5.76. The van der Waals surface area contributed by atoms with Gasteiger partial charge in [0.1, 0.15) is 23.2 Å². The molecule has 0 saturated heterocycles. The van der Waals surface area contributed by atoms with Gasteiger partial charge in [-0.25, -0.2) is 0 Å². The molecule has 146 valence electrons. The van der Waals surface area contributed by atoms with Gasteiger partial charge in [-0.2, -0.15) is 18.4 Å². The summed E-state index contributed by atoms with van der Waals surface area (Å²) in [5.41, 5.74) is -0.682. The van der Waals surface area contributed by atoms with Gasteiger partial charge in [-0.05, 0) is 42.5 Å². The van der Waals surface area contributed by atoms with E-state index in [9.17, 15) is 23.2 Å². The molecule has 0 unspecified atom stereocenters. The van der Waals surface area contributed by atoms with E-state index >= 15 is 0 Å². The van der Waals surface area contributed by atoms with Crippen molar-refractivity contribution in [2.24, 2.45) is 0 Å². The van der Waals surface area contributed by atoms with E-state index in [1.165, 1.54) is 12.1 Å².